The first-order valence-electron chi connectivity index (χ1n) is 12.6. The number of nitriles is 1. The van der Waals surface area contributed by atoms with E-state index in [2.05, 4.69) is 10.9 Å². The van der Waals surface area contributed by atoms with Crippen LogP contribution in [0.5, 0.6) is 0 Å². The zero-order chi connectivity index (χ0) is 27.1. The molecule has 0 bridgehead atoms. The van der Waals surface area contributed by atoms with E-state index in [1.54, 1.807) is 24.3 Å². The molecule has 0 atom stereocenters. The Morgan fingerprint density at radius 2 is 0.380 bits per heavy atom. The van der Waals surface area contributed by atoms with E-state index in [0.717, 1.165) is 32.3 Å². The van der Waals surface area contributed by atoms with Gasteiger partial charge < -0.3 is 9.47 Å². The van der Waals surface area contributed by atoms with Gasteiger partial charge in [-0.1, -0.05) is 58.0 Å². The molecule has 121 heavy (non-hydrogen) atoms. The maximum absolute atomic E-state index is 13.1. The SMILES string of the molecule is [C-]#[N+]c1ccc2c3ccc(C(=O)OCC(C)C)c4c(C#N)ccc(c5ccc(C(=O)OCC(C)C)c1c25)c43.[Y].[Y].[Y].[Y].[Y].[Y].[Y].[Y].[Y].[Y].[Y].[Y].[Y].[Y].[Y].[Y].[Y].[Y].[Y].[Y].[Y].[Y].[Y].[Y].[Y].[Y].[Y].[Y].[Y].[Y].[Y].[Y].[Y].[Y].[Y].[Y].[Y].[Y].[Y].[Y].[Y].[Y].[Y].[Y].[Y].[Y].[Y].[Y].[Y].[Y].[Y].[Y].[Y].[Y].[Y].[Y].[Y].[Y].[Y].[Y].[Y].[Y].[Y].[Y].[Y].[Y].[Y].[Y].[Y].[Y].[Y].[Y].[Y].[Y].[Y].[Y].[Y].[Y].[Y].[Y].[Y].[Y].[Y]. The summed E-state index contributed by atoms with van der Waals surface area (Å²) >= 11 is 0. The van der Waals surface area contributed by atoms with Crippen molar-refractivity contribution in [1.29, 1.82) is 5.26 Å². The molecule has 0 N–H and O–H groups in total. The van der Waals surface area contributed by atoms with E-state index >= 15 is 0 Å². The van der Waals surface area contributed by atoms with E-state index in [9.17, 15) is 14.9 Å². The molecule has 0 aliphatic rings. The fourth-order valence-electron chi connectivity index (χ4n) is 5.04. The summed E-state index contributed by atoms with van der Waals surface area (Å²) < 4.78 is 11.1. The van der Waals surface area contributed by atoms with Crippen molar-refractivity contribution in [2.24, 2.45) is 11.8 Å². The molecule has 0 saturated heterocycles. The zero-order valence-corrected chi connectivity index (χ0v) is 305. The number of hydrogen-bond acceptors (Lipinski definition) is 5. The number of fused-ring (bicyclic) bond motifs is 2. The Morgan fingerprint density at radius 3 is 0.529 bits per heavy atom. The van der Waals surface area contributed by atoms with Gasteiger partial charge in [-0.3, -0.25) is 0 Å². The minimum Gasteiger partial charge on any atom is -0.462 e. The van der Waals surface area contributed by atoms with Crippen molar-refractivity contribution >= 4 is 60.7 Å². The van der Waals surface area contributed by atoms with Gasteiger partial charge in [0.05, 0.1) is 42.5 Å². The molecule has 0 saturated carbocycles. The topological polar surface area (TPSA) is 80.8 Å². The number of hydrogen-bond donors (Lipinski definition) is 0. The van der Waals surface area contributed by atoms with Gasteiger partial charge in [0.2, 0.25) is 0 Å². The molecule has 5 rings (SSSR count). The Morgan fingerprint density at radius 1 is 0.240 bits per heavy atom. The normalized spacial score (nSPS) is 3.60. The molecular formula is C32H26N2O4Y83. The molecule has 0 amide bonds. The van der Waals surface area contributed by atoms with Gasteiger partial charge in [0.15, 0.2) is 5.69 Å². The summed E-state index contributed by atoms with van der Waals surface area (Å²) in [5, 5.41) is 15.9. The van der Waals surface area contributed by atoms with Crippen molar-refractivity contribution in [1.82, 2.24) is 0 Å². The molecule has 5 aromatic carbocycles. The standard InChI is InChI=1S/C32H26N2O4.83Y/c1-17(2)15-37-31(35)24-10-8-21-23-12-13-26(34-5)30-25(32(36)38-16-18(3)4)11-9-22(29(23)30)20-7-6-19(14-33)27(24)28(20)21;;;;;;;;;;;;;;;;;;;;;;;;;;;;;;;;;;;;;;;;;;;;;;;;;;;;;;;;;;;;;;;;;;;;;;;;;;;;;;;;;;;/h6-13,17-18H,15-16H2,1-4H3;;;;;;;;;;;;;;;;;;;;;;;;;;;;;;;;;;;;;;;;;;;;;;;;;;;;;;;;;;;;;;;;;;;;;;;;;;;;;;;;;;;. The van der Waals surface area contributed by atoms with Crippen molar-refractivity contribution in [2.45, 2.75) is 27.7 Å². The molecule has 0 unspecified atom stereocenters. The van der Waals surface area contributed by atoms with Crippen LogP contribution in [0.2, 0.25) is 0 Å². The summed E-state index contributed by atoms with van der Waals surface area (Å²) in [4.78, 5) is 29.9. The Labute approximate surface area is 2820 Å². The van der Waals surface area contributed by atoms with E-state index in [4.69, 9.17) is 16.0 Å². The largest absolute Gasteiger partial charge is 0.462 e. The van der Waals surface area contributed by atoms with Crippen molar-refractivity contribution in [3.05, 3.63) is 76.6 Å². The molecule has 0 aromatic heterocycles. The minimum absolute atomic E-state index is 0. The van der Waals surface area contributed by atoms with Crippen molar-refractivity contribution in [3.63, 3.8) is 0 Å². The van der Waals surface area contributed by atoms with Gasteiger partial charge in [-0.15, -0.1) is 0 Å². The van der Waals surface area contributed by atoms with E-state index in [1.807, 2.05) is 52.0 Å². The van der Waals surface area contributed by atoms with Crippen LogP contribution < -0.4 is 0 Å². The predicted molar refractivity (Wildman–Crippen MR) is 149 cm³/mol. The average molecular weight is 7880 g/mol. The molecule has 0 aliphatic carbocycles. The Balaban J connectivity index is -0.00000000276. The van der Waals surface area contributed by atoms with Gasteiger partial charge in [0.25, 0.3) is 0 Å². The van der Waals surface area contributed by atoms with Crippen LogP contribution in [0, 0.1) is 29.7 Å². The minimum atomic E-state index is -0.471. The molecule has 89 heteroatoms. The van der Waals surface area contributed by atoms with Crippen LogP contribution in [-0.4, -0.2) is 25.2 Å². The molecule has 0 aliphatic heterocycles. The third-order valence-corrected chi connectivity index (χ3v) is 6.66. The number of nitrogens with zero attached hydrogens (tertiary/aromatic N) is 2. The molecule has 0 fully saturated rings. The van der Waals surface area contributed by atoms with Crippen LogP contribution in [0.25, 0.3) is 47.9 Å². The maximum atomic E-state index is 13.1. The third-order valence-electron chi connectivity index (χ3n) is 6.66. The van der Waals surface area contributed by atoms with Gasteiger partial charge in [0, 0.05) is 2730 Å². The number of ether oxygens (including phenoxy) is 2. The first-order chi connectivity index (χ1) is 18.3. The summed E-state index contributed by atoms with van der Waals surface area (Å²) in [7, 11) is 0. The number of esters is 2. The van der Waals surface area contributed by atoms with E-state index in [-0.39, 0.29) is 2740 Å². The van der Waals surface area contributed by atoms with E-state index in [0.29, 0.717) is 33.2 Å². The zero-order valence-electron chi connectivity index (χ0n) is 69.6. The average Bonchev–Trinajstić information content (AvgIpc) is 2.92. The Hall–Kier alpha value is 86.9. The van der Waals surface area contributed by atoms with Crippen LogP contribution in [-0.2, 0) is 2720 Å². The summed E-state index contributed by atoms with van der Waals surface area (Å²) in [5.74, 6) is -0.579. The van der Waals surface area contributed by atoms with Gasteiger partial charge >= 0.3 is 11.9 Å². The van der Waals surface area contributed by atoms with Crippen LogP contribution in [0.15, 0.2) is 48.5 Å². The molecule has 83 radical (unpaired) electrons. The predicted octanol–water partition coefficient (Wildman–Crippen LogP) is 7.58. The summed E-state index contributed by atoms with van der Waals surface area (Å²) in [5.41, 5.74) is 1.44. The summed E-state index contributed by atoms with van der Waals surface area (Å²) in [6.07, 6.45) is 0. The van der Waals surface area contributed by atoms with Gasteiger partial charge in [0.1, 0.15) is 0 Å². The second kappa shape index (κ2) is 396. The van der Waals surface area contributed by atoms with E-state index in [1.165, 1.54) is 0 Å². The quantitative estimate of drug-likeness (QED) is 0.0759. The summed E-state index contributed by atoms with van der Waals surface area (Å²) in [6.45, 7) is 16.2. The second-order valence-corrected chi connectivity index (χ2v) is 10.3. The molecule has 437 valence electrons. The number of carbonyl (C=O) groups excluding carboxylic acids is 2. The van der Waals surface area contributed by atoms with Gasteiger partial charge in [-0.25, -0.2) is 14.4 Å². The van der Waals surface area contributed by atoms with Gasteiger partial charge in [-0.05, 0) is 62.4 Å². The molecule has 0 spiro atoms. The van der Waals surface area contributed by atoms with Crippen LogP contribution >= 0.6 is 0 Å². The molecular weight excluding hydrogens is 7860 g/mol. The molecule has 0 heterocycles. The van der Waals surface area contributed by atoms with Gasteiger partial charge in [-0.2, -0.15) is 5.26 Å². The monoisotopic (exact) mass is 7880 g/mol. The first kappa shape index (κ1) is 536. The van der Waals surface area contributed by atoms with E-state index < -0.39 is 11.9 Å². The number of carbonyl (C=O) groups is 2. The molecule has 5 aromatic rings. The van der Waals surface area contributed by atoms with Crippen LogP contribution in [0.1, 0.15) is 54.0 Å². The number of benzene rings is 5. The Kier molecular flexibility index (Phi) is 1750. The van der Waals surface area contributed by atoms with Crippen molar-refractivity contribution in [3.8, 4) is 6.07 Å². The maximum Gasteiger partial charge on any atom is 0.338 e. The fourth-order valence-corrected chi connectivity index (χ4v) is 5.04. The molecule has 6 nitrogen and oxygen atoms in total. The fraction of sp³-hybridized carbons (Fsp3) is 0.250. The Bertz CT molecular complexity index is 1790. The number of rotatable bonds is 6. The second-order valence-electron chi connectivity index (χ2n) is 10.3. The summed E-state index contributed by atoms with van der Waals surface area (Å²) in [6, 6.07) is 16.5. The van der Waals surface area contributed by atoms with Crippen molar-refractivity contribution < 1.29 is 2730 Å². The first-order valence-corrected chi connectivity index (χ1v) is 12.6. The smallest absolute Gasteiger partial charge is 0.338 e. The van der Waals surface area contributed by atoms with Crippen LogP contribution in [0.4, 0.5) is 5.69 Å². The third kappa shape index (κ3) is 278. The van der Waals surface area contributed by atoms with Crippen molar-refractivity contribution in [2.75, 3.05) is 13.2 Å². The van der Waals surface area contributed by atoms with Crippen LogP contribution in [0.3, 0.4) is 0 Å².